The third-order valence-corrected chi connectivity index (χ3v) is 5.41. The zero-order valence-electron chi connectivity index (χ0n) is 9.95. The molecule has 90 valence electrons. The van der Waals surface area contributed by atoms with Crippen LogP contribution in [0.1, 0.15) is 26.2 Å². The fourth-order valence-electron chi connectivity index (χ4n) is 1.42. The fraction of sp³-hybridized carbons (Fsp3) is 1.00. The zero-order chi connectivity index (χ0) is 11.1. The van der Waals surface area contributed by atoms with Crippen LogP contribution < -0.4 is 0 Å². The molecule has 1 saturated heterocycles. The van der Waals surface area contributed by atoms with Crippen LogP contribution in [0.5, 0.6) is 0 Å². The van der Waals surface area contributed by atoms with E-state index in [-0.39, 0.29) is 0 Å². The van der Waals surface area contributed by atoms with E-state index in [4.69, 9.17) is 18.0 Å². The molecule has 15 heavy (non-hydrogen) atoms. The van der Waals surface area contributed by atoms with Gasteiger partial charge in [-0.15, -0.1) is 0 Å². The highest BCUT2D eigenvalue weighted by Gasteiger charge is 2.40. The number of unbranched alkanes of at least 4 members (excludes halogenated alkanes) is 1. The Bertz CT molecular complexity index is 169. The maximum Gasteiger partial charge on any atom is 0.500 e. The van der Waals surface area contributed by atoms with Crippen molar-refractivity contribution in [3.8, 4) is 0 Å². The maximum atomic E-state index is 5.79. The molecule has 0 aromatic carbocycles. The summed E-state index contributed by atoms with van der Waals surface area (Å²) >= 11 is 0. The van der Waals surface area contributed by atoms with Gasteiger partial charge in [-0.05, 0) is 12.8 Å². The summed E-state index contributed by atoms with van der Waals surface area (Å²) in [5.41, 5.74) is 0. The van der Waals surface area contributed by atoms with Crippen molar-refractivity contribution in [2.75, 3.05) is 27.4 Å². The van der Waals surface area contributed by atoms with E-state index in [2.05, 4.69) is 6.92 Å². The van der Waals surface area contributed by atoms with E-state index in [9.17, 15) is 0 Å². The van der Waals surface area contributed by atoms with Gasteiger partial charge in [0.05, 0.1) is 12.7 Å². The van der Waals surface area contributed by atoms with Crippen molar-refractivity contribution in [2.45, 2.75) is 38.3 Å². The average molecular weight is 234 g/mol. The number of rotatable bonds is 9. The van der Waals surface area contributed by atoms with Gasteiger partial charge in [0.15, 0.2) is 0 Å². The van der Waals surface area contributed by atoms with Crippen LogP contribution in [0, 0.1) is 0 Å². The van der Waals surface area contributed by atoms with Crippen molar-refractivity contribution < 1.29 is 18.0 Å². The lowest BCUT2D eigenvalue weighted by atomic mass is 10.4. The summed E-state index contributed by atoms with van der Waals surface area (Å²) in [5.74, 6) is 0. The van der Waals surface area contributed by atoms with E-state index in [0.29, 0.717) is 6.10 Å². The van der Waals surface area contributed by atoms with Crippen molar-refractivity contribution in [1.29, 1.82) is 0 Å². The van der Waals surface area contributed by atoms with Crippen molar-refractivity contribution in [3.63, 3.8) is 0 Å². The van der Waals surface area contributed by atoms with Crippen LogP contribution >= 0.6 is 0 Å². The Balaban J connectivity index is 2.28. The molecular weight excluding hydrogens is 212 g/mol. The maximum absolute atomic E-state index is 5.79. The van der Waals surface area contributed by atoms with Crippen LogP contribution in [0.3, 0.4) is 0 Å². The summed E-state index contributed by atoms with van der Waals surface area (Å²) in [5, 5.41) is 0. The largest absolute Gasteiger partial charge is 0.500 e. The molecular formula is C10H22O4Si. The Morgan fingerprint density at radius 2 is 2.00 bits per heavy atom. The van der Waals surface area contributed by atoms with Gasteiger partial charge in [-0.3, -0.25) is 0 Å². The minimum absolute atomic E-state index is 0.414. The van der Waals surface area contributed by atoms with Gasteiger partial charge in [-0.2, -0.15) is 0 Å². The molecule has 0 amide bonds. The molecule has 0 aromatic rings. The Labute approximate surface area is 93.2 Å². The molecule has 1 aliphatic heterocycles. The highest BCUT2D eigenvalue weighted by Crippen LogP contribution is 2.23. The molecule has 0 N–H and O–H groups in total. The summed E-state index contributed by atoms with van der Waals surface area (Å²) in [4.78, 5) is 0. The van der Waals surface area contributed by atoms with E-state index in [1.807, 2.05) is 0 Å². The summed E-state index contributed by atoms with van der Waals surface area (Å²) in [7, 11) is 0.969. The molecule has 4 nitrogen and oxygen atoms in total. The second kappa shape index (κ2) is 6.60. The van der Waals surface area contributed by atoms with Gasteiger partial charge < -0.3 is 18.0 Å². The second-order valence-electron chi connectivity index (χ2n) is 3.79. The quantitative estimate of drug-likeness (QED) is 0.347. The SMILES string of the molecule is CCCCO[Si](CCC1CO1)(OC)OC. The first-order chi connectivity index (χ1) is 7.26. The standard InChI is InChI=1S/C10H22O4Si/c1-4-5-7-14-15(11-2,12-3)8-6-10-9-13-10/h10H,4-9H2,1-3H3. The summed E-state index contributed by atoms with van der Waals surface area (Å²) in [6.07, 6.45) is 3.59. The molecule has 5 heteroatoms. The van der Waals surface area contributed by atoms with E-state index >= 15 is 0 Å². The molecule has 1 rings (SSSR count). The third-order valence-electron chi connectivity index (χ3n) is 2.62. The first-order valence-electron chi connectivity index (χ1n) is 5.62. The molecule has 0 bridgehead atoms. The van der Waals surface area contributed by atoms with Gasteiger partial charge in [-0.1, -0.05) is 13.3 Å². The molecule has 1 atom stereocenters. The van der Waals surface area contributed by atoms with E-state index in [1.54, 1.807) is 14.2 Å². The second-order valence-corrected chi connectivity index (χ2v) is 6.76. The molecule has 0 aliphatic carbocycles. The van der Waals surface area contributed by atoms with Gasteiger partial charge >= 0.3 is 8.80 Å². The topological polar surface area (TPSA) is 40.2 Å². The molecule has 1 heterocycles. The number of hydrogen-bond donors (Lipinski definition) is 0. The summed E-state index contributed by atoms with van der Waals surface area (Å²) < 4.78 is 21.9. The Morgan fingerprint density at radius 3 is 2.47 bits per heavy atom. The molecule has 0 saturated carbocycles. The highest BCUT2D eigenvalue weighted by molar-refractivity contribution is 6.60. The minimum Gasteiger partial charge on any atom is -0.377 e. The molecule has 1 aliphatic rings. The monoisotopic (exact) mass is 234 g/mol. The smallest absolute Gasteiger partial charge is 0.377 e. The summed E-state index contributed by atoms with van der Waals surface area (Å²) in [6, 6.07) is 0.856. The molecule has 1 unspecified atom stereocenters. The normalized spacial score (nSPS) is 20.6. The van der Waals surface area contributed by atoms with Crippen LogP contribution in [0.2, 0.25) is 6.04 Å². The average Bonchev–Trinajstić information content (AvgIpc) is 3.08. The highest BCUT2D eigenvalue weighted by atomic mass is 28.4. The van der Waals surface area contributed by atoms with Gasteiger partial charge in [0.25, 0.3) is 0 Å². The van der Waals surface area contributed by atoms with E-state index < -0.39 is 8.80 Å². The molecule has 1 fully saturated rings. The third kappa shape index (κ3) is 4.61. The number of hydrogen-bond acceptors (Lipinski definition) is 4. The van der Waals surface area contributed by atoms with Crippen LogP contribution in [-0.4, -0.2) is 42.3 Å². The van der Waals surface area contributed by atoms with Crippen LogP contribution in [-0.2, 0) is 18.0 Å². The van der Waals surface area contributed by atoms with Gasteiger partial charge in [0.1, 0.15) is 0 Å². The van der Waals surface area contributed by atoms with Crippen LogP contribution in [0.25, 0.3) is 0 Å². The van der Waals surface area contributed by atoms with E-state index in [0.717, 1.165) is 38.5 Å². The van der Waals surface area contributed by atoms with Crippen molar-refractivity contribution >= 4 is 8.80 Å². The van der Waals surface area contributed by atoms with Gasteiger partial charge in [0, 0.05) is 26.9 Å². The lowest BCUT2D eigenvalue weighted by Gasteiger charge is -2.26. The van der Waals surface area contributed by atoms with Crippen molar-refractivity contribution in [3.05, 3.63) is 0 Å². The lowest BCUT2D eigenvalue weighted by Crippen LogP contribution is -2.44. The van der Waals surface area contributed by atoms with Gasteiger partial charge in [0.2, 0.25) is 0 Å². The Hall–Kier alpha value is 0.0569. The van der Waals surface area contributed by atoms with Crippen LogP contribution in [0.15, 0.2) is 0 Å². The minimum atomic E-state index is -2.38. The molecule has 0 aromatic heterocycles. The van der Waals surface area contributed by atoms with E-state index in [1.165, 1.54) is 0 Å². The van der Waals surface area contributed by atoms with Crippen molar-refractivity contribution in [2.24, 2.45) is 0 Å². The van der Waals surface area contributed by atoms with Crippen molar-refractivity contribution in [1.82, 2.24) is 0 Å². The lowest BCUT2D eigenvalue weighted by molar-refractivity contribution is 0.0956. The summed E-state index contributed by atoms with van der Waals surface area (Å²) in [6.45, 7) is 3.76. The number of epoxide rings is 1. The predicted octanol–water partition coefficient (Wildman–Crippen LogP) is 1.82. The van der Waals surface area contributed by atoms with Gasteiger partial charge in [-0.25, -0.2) is 0 Å². The fourth-order valence-corrected chi connectivity index (χ4v) is 3.51. The Morgan fingerprint density at radius 1 is 1.33 bits per heavy atom. The first-order valence-corrected chi connectivity index (χ1v) is 7.55. The molecule has 0 radical (unpaired) electrons. The number of ether oxygens (including phenoxy) is 1. The Kier molecular flexibility index (Phi) is 5.77. The first kappa shape index (κ1) is 13.1. The van der Waals surface area contributed by atoms with Crippen LogP contribution in [0.4, 0.5) is 0 Å². The predicted molar refractivity (Wildman–Crippen MR) is 59.8 cm³/mol. The molecule has 0 spiro atoms. The zero-order valence-corrected chi connectivity index (χ0v) is 11.0.